The van der Waals surface area contributed by atoms with E-state index < -0.39 is 0 Å². The molecule has 1 saturated heterocycles. The van der Waals surface area contributed by atoms with Gasteiger partial charge in [-0.2, -0.15) is 5.26 Å². The highest BCUT2D eigenvalue weighted by molar-refractivity contribution is 7.17. The SMILES string of the molecule is N#CC1CNCCN1C(=O)c1csc2ccccc12. The number of piperazine rings is 1. The fraction of sp³-hybridized carbons (Fsp3) is 0.286. The summed E-state index contributed by atoms with van der Waals surface area (Å²) in [7, 11) is 0. The van der Waals surface area contributed by atoms with E-state index in [4.69, 9.17) is 5.26 Å². The van der Waals surface area contributed by atoms with Crippen molar-refractivity contribution in [3.05, 3.63) is 35.2 Å². The third-order valence-corrected chi connectivity index (χ3v) is 4.33. The number of carbonyl (C=O) groups excluding carboxylic acids is 1. The number of nitriles is 1. The van der Waals surface area contributed by atoms with Crippen molar-refractivity contribution in [3.8, 4) is 6.07 Å². The Morgan fingerprint density at radius 3 is 3.16 bits per heavy atom. The van der Waals surface area contributed by atoms with Crippen LogP contribution in [0.2, 0.25) is 0 Å². The van der Waals surface area contributed by atoms with Crippen LogP contribution in [0.5, 0.6) is 0 Å². The number of carbonyl (C=O) groups is 1. The Balaban J connectivity index is 1.97. The van der Waals surface area contributed by atoms with Gasteiger partial charge in [0, 0.05) is 35.1 Å². The Kier molecular flexibility index (Phi) is 3.20. The maximum atomic E-state index is 12.6. The van der Waals surface area contributed by atoms with Crippen molar-refractivity contribution >= 4 is 27.3 Å². The standard InChI is InChI=1S/C14H13N3OS/c15-7-10-8-16-5-6-17(10)14(18)12-9-19-13-4-2-1-3-11(12)13/h1-4,9-10,16H,5-6,8H2. The second-order valence-corrected chi connectivity index (χ2v) is 5.40. The minimum atomic E-state index is -0.375. The van der Waals surface area contributed by atoms with Gasteiger partial charge in [0.25, 0.3) is 5.91 Å². The van der Waals surface area contributed by atoms with Crippen LogP contribution < -0.4 is 5.32 Å². The summed E-state index contributed by atoms with van der Waals surface area (Å²) in [5.41, 5.74) is 0.711. The first-order chi connectivity index (χ1) is 9.31. The summed E-state index contributed by atoms with van der Waals surface area (Å²) >= 11 is 1.57. The van der Waals surface area contributed by atoms with E-state index in [0.29, 0.717) is 18.7 Å². The van der Waals surface area contributed by atoms with Crippen molar-refractivity contribution in [2.24, 2.45) is 0 Å². The molecule has 0 saturated carbocycles. The predicted octanol–water partition coefficient (Wildman–Crippen LogP) is 1.84. The minimum absolute atomic E-state index is 0.0366. The summed E-state index contributed by atoms with van der Waals surface area (Å²) in [5.74, 6) is -0.0366. The molecule has 5 heteroatoms. The first kappa shape index (κ1) is 12.2. The van der Waals surface area contributed by atoms with Crippen molar-refractivity contribution in [3.63, 3.8) is 0 Å². The number of hydrogen-bond acceptors (Lipinski definition) is 4. The molecule has 0 radical (unpaired) electrons. The quantitative estimate of drug-likeness (QED) is 0.861. The average molecular weight is 271 g/mol. The lowest BCUT2D eigenvalue weighted by atomic mass is 10.1. The summed E-state index contributed by atoms with van der Waals surface area (Å²) in [6.07, 6.45) is 0. The third kappa shape index (κ3) is 2.09. The van der Waals surface area contributed by atoms with E-state index in [0.717, 1.165) is 16.6 Å². The zero-order valence-corrected chi connectivity index (χ0v) is 11.1. The van der Waals surface area contributed by atoms with Crippen LogP contribution in [0.3, 0.4) is 0 Å². The molecule has 1 aromatic carbocycles. The molecule has 1 amide bonds. The van der Waals surface area contributed by atoms with Gasteiger partial charge in [-0.3, -0.25) is 4.79 Å². The highest BCUT2D eigenvalue weighted by Crippen LogP contribution is 2.27. The maximum absolute atomic E-state index is 12.6. The van der Waals surface area contributed by atoms with E-state index >= 15 is 0 Å². The molecule has 96 valence electrons. The van der Waals surface area contributed by atoms with Crippen molar-refractivity contribution in [1.82, 2.24) is 10.2 Å². The fourth-order valence-electron chi connectivity index (χ4n) is 2.36. The molecule has 1 N–H and O–H groups in total. The summed E-state index contributed by atoms with van der Waals surface area (Å²) in [5, 5.41) is 15.2. The van der Waals surface area contributed by atoms with Crippen LogP contribution in [0.25, 0.3) is 10.1 Å². The van der Waals surface area contributed by atoms with E-state index in [1.165, 1.54) is 0 Å². The molecule has 1 unspecified atom stereocenters. The molecule has 1 aliphatic rings. The minimum Gasteiger partial charge on any atom is -0.320 e. The van der Waals surface area contributed by atoms with E-state index in [9.17, 15) is 4.79 Å². The van der Waals surface area contributed by atoms with Crippen LogP contribution in [0.15, 0.2) is 29.6 Å². The molecule has 1 atom stereocenters. The molecule has 1 aromatic heterocycles. The van der Waals surface area contributed by atoms with Gasteiger partial charge in [0.05, 0.1) is 11.6 Å². The summed E-state index contributed by atoms with van der Waals surface area (Å²) < 4.78 is 1.11. The summed E-state index contributed by atoms with van der Waals surface area (Å²) in [6, 6.07) is 9.69. The number of amides is 1. The van der Waals surface area contributed by atoms with Crippen LogP contribution in [0.1, 0.15) is 10.4 Å². The van der Waals surface area contributed by atoms with Gasteiger partial charge in [-0.25, -0.2) is 0 Å². The monoisotopic (exact) mass is 271 g/mol. The van der Waals surface area contributed by atoms with Crippen LogP contribution in [-0.4, -0.2) is 36.5 Å². The molecular formula is C14H13N3OS. The topological polar surface area (TPSA) is 56.1 Å². The smallest absolute Gasteiger partial charge is 0.256 e. The number of nitrogens with zero attached hydrogens (tertiary/aromatic N) is 2. The molecule has 19 heavy (non-hydrogen) atoms. The van der Waals surface area contributed by atoms with Crippen LogP contribution in [0, 0.1) is 11.3 Å². The first-order valence-corrected chi connectivity index (χ1v) is 7.07. The molecule has 2 heterocycles. The van der Waals surface area contributed by atoms with Gasteiger partial charge in [0.2, 0.25) is 0 Å². The highest BCUT2D eigenvalue weighted by Gasteiger charge is 2.28. The summed E-state index contributed by atoms with van der Waals surface area (Å²) in [4.78, 5) is 14.3. The summed E-state index contributed by atoms with van der Waals surface area (Å²) in [6.45, 7) is 1.87. The molecule has 2 aromatic rings. The van der Waals surface area contributed by atoms with Crippen LogP contribution >= 0.6 is 11.3 Å². The van der Waals surface area contributed by atoms with Crippen molar-refractivity contribution in [2.45, 2.75) is 6.04 Å². The second kappa shape index (κ2) is 5.00. The number of thiophene rings is 1. The third-order valence-electron chi connectivity index (χ3n) is 3.36. The number of fused-ring (bicyclic) bond motifs is 1. The Morgan fingerprint density at radius 2 is 2.32 bits per heavy atom. The van der Waals surface area contributed by atoms with E-state index in [2.05, 4.69) is 11.4 Å². The normalized spacial score (nSPS) is 19.3. The van der Waals surface area contributed by atoms with Crippen molar-refractivity contribution in [2.75, 3.05) is 19.6 Å². The van der Waals surface area contributed by atoms with E-state index in [-0.39, 0.29) is 11.9 Å². The van der Waals surface area contributed by atoms with E-state index in [1.54, 1.807) is 16.2 Å². The lowest BCUT2D eigenvalue weighted by Crippen LogP contribution is -2.52. The number of hydrogen-bond donors (Lipinski definition) is 1. The molecule has 1 aliphatic heterocycles. The van der Waals surface area contributed by atoms with Gasteiger partial charge in [0.15, 0.2) is 0 Å². The van der Waals surface area contributed by atoms with Gasteiger partial charge in [-0.1, -0.05) is 18.2 Å². The van der Waals surface area contributed by atoms with Crippen molar-refractivity contribution in [1.29, 1.82) is 5.26 Å². The van der Waals surface area contributed by atoms with Crippen LogP contribution in [0.4, 0.5) is 0 Å². The first-order valence-electron chi connectivity index (χ1n) is 6.19. The average Bonchev–Trinajstić information content (AvgIpc) is 2.90. The number of nitrogens with one attached hydrogen (secondary N) is 1. The Morgan fingerprint density at radius 1 is 1.47 bits per heavy atom. The van der Waals surface area contributed by atoms with Gasteiger partial charge in [-0.05, 0) is 6.07 Å². The van der Waals surface area contributed by atoms with Crippen molar-refractivity contribution < 1.29 is 4.79 Å². The van der Waals surface area contributed by atoms with Crippen LogP contribution in [-0.2, 0) is 0 Å². The Hall–Kier alpha value is -1.90. The molecule has 3 rings (SSSR count). The molecular weight excluding hydrogens is 258 g/mol. The zero-order valence-electron chi connectivity index (χ0n) is 10.3. The molecule has 1 fully saturated rings. The maximum Gasteiger partial charge on any atom is 0.256 e. The number of benzene rings is 1. The van der Waals surface area contributed by atoms with Gasteiger partial charge in [0.1, 0.15) is 6.04 Å². The molecule has 0 aliphatic carbocycles. The highest BCUT2D eigenvalue weighted by atomic mass is 32.1. The van der Waals surface area contributed by atoms with Gasteiger partial charge >= 0.3 is 0 Å². The Labute approximate surface area is 115 Å². The zero-order chi connectivity index (χ0) is 13.2. The van der Waals surface area contributed by atoms with Gasteiger partial charge < -0.3 is 10.2 Å². The fourth-order valence-corrected chi connectivity index (χ4v) is 3.30. The number of rotatable bonds is 1. The Bertz CT molecular complexity index is 658. The lowest BCUT2D eigenvalue weighted by molar-refractivity contribution is 0.0689. The largest absolute Gasteiger partial charge is 0.320 e. The second-order valence-electron chi connectivity index (χ2n) is 4.49. The van der Waals surface area contributed by atoms with Gasteiger partial charge in [-0.15, -0.1) is 11.3 Å². The predicted molar refractivity (Wildman–Crippen MR) is 75.1 cm³/mol. The lowest BCUT2D eigenvalue weighted by Gasteiger charge is -2.31. The molecule has 0 bridgehead atoms. The molecule has 0 spiro atoms. The molecule has 4 nitrogen and oxygen atoms in total. The van der Waals surface area contributed by atoms with E-state index in [1.807, 2.05) is 29.6 Å².